The molecule has 0 unspecified atom stereocenters. The van der Waals surface area contributed by atoms with E-state index in [1.807, 2.05) is 38.3 Å². The second-order valence-corrected chi connectivity index (χ2v) is 6.15. The van der Waals surface area contributed by atoms with Gasteiger partial charge in [-0.1, -0.05) is 13.0 Å². The molecule has 1 heterocycles. The number of nitrogens with one attached hydrogen (secondary N) is 2. The molecule has 0 aliphatic heterocycles. The summed E-state index contributed by atoms with van der Waals surface area (Å²) >= 11 is 1.55. The van der Waals surface area contributed by atoms with Gasteiger partial charge >= 0.3 is 6.18 Å². The molecule has 1 atom stereocenters. The van der Waals surface area contributed by atoms with Crippen molar-refractivity contribution in [3.63, 3.8) is 0 Å². The zero-order chi connectivity index (χ0) is 17.7. The quantitative estimate of drug-likeness (QED) is 0.699. The van der Waals surface area contributed by atoms with Crippen LogP contribution in [0.1, 0.15) is 26.0 Å². The second kappa shape index (κ2) is 7.74. The predicted octanol–water partition coefficient (Wildman–Crippen LogP) is 5.17. The highest BCUT2D eigenvalue weighted by atomic mass is 32.2. The van der Waals surface area contributed by atoms with E-state index in [1.54, 1.807) is 17.8 Å². The van der Waals surface area contributed by atoms with Crippen LogP contribution in [0.2, 0.25) is 0 Å². The summed E-state index contributed by atoms with van der Waals surface area (Å²) in [6.45, 7) is 3.79. The standard InChI is InChI=1S/C16H19F3N4S/c1-4-10(2)20-15-22-13(16(17,18)19)9-14(23-15)21-11-6-5-7-12(8-11)24-3/h5-10H,4H2,1-3H3,(H2,20,21,22,23)/t10-/m1/s1. The zero-order valence-electron chi connectivity index (χ0n) is 13.6. The number of alkyl halides is 3. The topological polar surface area (TPSA) is 49.8 Å². The van der Waals surface area contributed by atoms with Crippen molar-refractivity contribution in [1.82, 2.24) is 9.97 Å². The van der Waals surface area contributed by atoms with E-state index in [1.165, 1.54) is 0 Å². The van der Waals surface area contributed by atoms with Crippen LogP contribution in [0.5, 0.6) is 0 Å². The van der Waals surface area contributed by atoms with Crippen LogP contribution >= 0.6 is 11.8 Å². The predicted molar refractivity (Wildman–Crippen MR) is 91.9 cm³/mol. The van der Waals surface area contributed by atoms with E-state index in [2.05, 4.69) is 20.6 Å². The molecule has 0 spiro atoms. The molecule has 0 radical (unpaired) electrons. The van der Waals surface area contributed by atoms with Crippen LogP contribution in [-0.4, -0.2) is 22.3 Å². The summed E-state index contributed by atoms with van der Waals surface area (Å²) in [4.78, 5) is 8.72. The monoisotopic (exact) mass is 356 g/mol. The van der Waals surface area contributed by atoms with E-state index in [9.17, 15) is 13.2 Å². The summed E-state index contributed by atoms with van der Waals surface area (Å²) in [7, 11) is 0. The molecule has 2 aromatic rings. The van der Waals surface area contributed by atoms with Gasteiger partial charge in [-0.05, 0) is 37.8 Å². The lowest BCUT2D eigenvalue weighted by Crippen LogP contribution is -2.18. The molecule has 4 nitrogen and oxygen atoms in total. The first-order valence-electron chi connectivity index (χ1n) is 7.45. The van der Waals surface area contributed by atoms with Crippen LogP contribution in [0, 0.1) is 0 Å². The maximum absolute atomic E-state index is 13.1. The van der Waals surface area contributed by atoms with Gasteiger partial charge in [-0.15, -0.1) is 11.8 Å². The highest BCUT2D eigenvalue weighted by Gasteiger charge is 2.33. The van der Waals surface area contributed by atoms with Crippen LogP contribution in [0.4, 0.5) is 30.6 Å². The van der Waals surface area contributed by atoms with Crippen molar-refractivity contribution in [3.05, 3.63) is 36.0 Å². The van der Waals surface area contributed by atoms with Gasteiger partial charge in [0.1, 0.15) is 5.82 Å². The van der Waals surface area contributed by atoms with Crippen molar-refractivity contribution in [3.8, 4) is 0 Å². The van der Waals surface area contributed by atoms with Gasteiger partial charge in [0.2, 0.25) is 5.95 Å². The Morgan fingerprint density at radius 3 is 2.58 bits per heavy atom. The van der Waals surface area contributed by atoms with Crippen molar-refractivity contribution in [2.45, 2.75) is 37.4 Å². The molecule has 130 valence electrons. The Bertz CT molecular complexity index is 691. The van der Waals surface area contributed by atoms with Gasteiger partial charge in [-0.3, -0.25) is 0 Å². The third-order valence-corrected chi connectivity index (χ3v) is 4.07. The lowest BCUT2D eigenvalue weighted by molar-refractivity contribution is -0.141. The van der Waals surface area contributed by atoms with Crippen LogP contribution in [-0.2, 0) is 6.18 Å². The minimum Gasteiger partial charge on any atom is -0.352 e. The number of halogens is 3. The van der Waals surface area contributed by atoms with Crippen molar-refractivity contribution in [1.29, 1.82) is 0 Å². The first-order valence-corrected chi connectivity index (χ1v) is 8.68. The summed E-state index contributed by atoms with van der Waals surface area (Å²) in [5.41, 5.74) is -0.310. The number of hydrogen-bond donors (Lipinski definition) is 2. The Morgan fingerprint density at radius 1 is 1.21 bits per heavy atom. The molecule has 0 amide bonds. The van der Waals surface area contributed by atoms with Crippen LogP contribution in [0.25, 0.3) is 0 Å². The number of hydrogen-bond acceptors (Lipinski definition) is 5. The Morgan fingerprint density at radius 2 is 1.96 bits per heavy atom. The number of nitrogens with zero attached hydrogens (tertiary/aromatic N) is 2. The van der Waals surface area contributed by atoms with Crippen molar-refractivity contribution < 1.29 is 13.2 Å². The van der Waals surface area contributed by atoms with Gasteiger partial charge in [-0.25, -0.2) is 4.98 Å². The minimum atomic E-state index is -4.54. The van der Waals surface area contributed by atoms with Gasteiger partial charge in [0.15, 0.2) is 5.69 Å². The average molecular weight is 356 g/mol. The summed E-state index contributed by atoms with van der Waals surface area (Å²) in [5, 5.41) is 5.80. The number of benzene rings is 1. The third-order valence-electron chi connectivity index (χ3n) is 3.35. The maximum Gasteiger partial charge on any atom is 0.433 e. The molecule has 0 saturated carbocycles. The molecular formula is C16H19F3N4S. The van der Waals surface area contributed by atoms with E-state index in [-0.39, 0.29) is 17.8 Å². The van der Waals surface area contributed by atoms with E-state index in [0.29, 0.717) is 5.69 Å². The first kappa shape index (κ1) is 18.4. The molecule has 2 rings (SSSR count). The highest BCUT2D eigenvalue weighted by Crippen LogP contribution is 2.31. The summed E-state index contributed by atoms with van der Waals surface area (Å²) in [5.74, 6) is 0.0593. The summed E-state index contributed by atoms with van der Waals surface area (Å²) in [6.07, 6.45) is -1.86. The average Bonchev–Trinajstić information content (AvgIpc) is 2.53. The fourth-order valence-corrected chi connectivity index (χ4v) is 2.35. The van der Waals surface area contributed by atoms with Gasteiger partial charge in [0.05, 0.1) is 0 Å². The van der Waals surface area contributed by atoms with Gasteiger partial charge < -0.3 is 10.6 Å². The van der Waals surface area contributed by atoms with Gasteiger partial charge in [-0.2, -0.15) is 18.2 Å². The van der Waals surface area contributed by atoms with E-state index >= 15 is 0 Å². The maximum atomic E-state index is 13.1. The fraction of sp³-hybridized carbons (Fsp3) is 0.375. The lowest BCUT2D eigenvalue weighted by atomic mass is 10.3. The number of rotatable bonds is 6. The smallest absolute Gasteiger partial charge is 0.352 e. The largest absolute Gasteiger partial charge is 0.433 e. The van der Waals surface area contributed by atoms with Crippen LogP contribution in [0.15, 0.2) is 35.2 Å². The molecule has 0 aliphatic rings. The third kappa shape index (κ3) is 5.02. The van der Waals surface area contributed by atoms with E-state index in [4.69, 9.17) is 0 Å². The Labute approximate surface area is 143 Å². The Kier molecular flexibility index (Phi) is 5.93. The Balaban J connectivity index is 2.34. The van der Waals surface area contributed by atoms with Gasteiger partial charge in [0.25, 0.3) is 0 Å². The molecule has 0 saturated heterocycles. The molecule has 0 fully saturated rings. The number of thioether (sulfide) groups is 1. The highest BCUT2D eigenvalue weighted by molar-refractivity contribution is 7.98. The second-order valence-electron chi connectivity index (χ2n) is 5.27. The van der Waals surface area contributed by atoms with Gasteiger partial charge in [0, 0.05) is 22.7 Å². The molecule has 2 N–H and O–H groups in total. The van der Waals surface area contributed by atoms with E-state index in [0.717, 1.165) is 17.4 Å². The van der Waals surface area contributed by atoms with Crippen molar-refractivity contribution in [2.24, 2.45) is 0 Å². The minimum absolute atomic E-state index is 0.0267. The number of anilines is 3. The molecule has 1 aromatic carbocycles. The first-order chi connectivity index (χ1) is 11.3. The number of aromatic nitrogens is 2. The summed E-state index contributed by atoms with van der Waals surface area (Å²) < 4.78 is 39.2. The fourth-order valence-electron chi connectivity index (χ4n) is 1.89. The normalized spacial score (nSPS) is 12.8. The van der Waals surface area contributed by atoms with E-state index < -0.39 is 11.9 Å². The molecule has 0 bridgehead atoms. The molecule has 24 heavy (non-hydrogen) atoms. The van der Waals surface area contributed by atoms with Crippen molar-refractivity contribution >= 4 is 29.2 Å². The van der Waals surface area contributed by atoms with Crippen LogP contribution in [0.3, 0.4) is 0 Å². The zero-order valence-corrected chi connectivity index (χ0v) is 14.4. The lowest BCUT2D eigenvalue weighted by Gasteiger charge is -2.15. The summed E-state index contributed by atoms with van der Waals surface area (Å²) in [6, 6.07) is 8.26. The Hall–Kier alpha value is -1.96. The molecule has 8 heteroatoms. The van der Waals surface area contributed by atoms with Crippen LogP contribution < -0.4 is 10.6 Å². The molecule has 0 aliphatic carbocycles. The SMILES string of the molecule is CC[C@@H](C)Nc1nc(Nc2cccc(SC)c2)cc(C(F)(F)F)n1. The van der Waals surface area contributed by atoms with Crippen molar-refractivity contribution in [2.75, 3.05) is 16.9 Å². The molecule has 1 aromatic heterocycles. The molecular weight excluding hydrogens is 337 g/mol.